The molecule has 63 heavy (non-hydrogen) atoms. The summed E-state index contributed by atoms with van der Waals surface area (Å²) >= 11 is 4.87. The van der Waals surface area contributed by atoms with Crippen molar-refractivity contribution < 1.29 is 53.5 Å². The van der Waals surface area contributed by atoms with Crippen LogP contribution in [0.5, 0.6) is 0 Å². The Morgan fingerprint density at radius 3 is 1.05 bits per heavy atom. The summed E-state index contributed by atoms with van der Waals surface area (Å²) in [7, 11) is 0. The van der Waals surface area contributed by atoms with Gasteiger partial charge in [-0.15, -0.1) is 23.0 Å². The fraction of sp³-hybridized carbons (Fsp3) is 0.146. The first-order valence-corrected chi connectivity index (χ1v) is 16.8. The Morgan fingerprint density at radius 2 is 0.873 bits per heavy atom. The van der Waals surface area contributed by atoms with Gasteiger partial charge in [0.1, 0.15) is 11.4 Å². The first-order chi connectivity index (χ1) is 28.6. The summed E-state index contributed by atoms with van der Waals surface area (Å²) in [5.41, 5.74) is 34.9. The van der Waals surface area contributed by atoms with Gasteiger partial charge in [0.25, 0.3) is 11.8 Å². The molecule has 0 saturated carbocycles. The van der Waals surface area contributed by atoms with Crippen LogP contribution in [0, 0.1) is 24.7 Å². The van der Waals surface area contributed by atoms with Crippen LogP contribution in [0.15, 0.2) is 132 Å². The number of carbonyl (C=O) groups is 5. The quantitative estimate of drug-likeness (QED) is 0.0353. The van der Waals surface area contributed by atoms with Crippen molar-refractivity contribution in [2.24, 2.45) is 10.2 Å². The van der Waals surface area contributed by atoms with Gasteiger partial charge in [0.15, 0.2) is 0 Å². The van der Waals surface area contributed by atoms with Crippen LogP contribution in [0.2, 0.25) is 0 Å². The van der Waals surface area contributed by atoms with Gasteiger partial charge in [-0.05, 0) is 103 Å². The van der Waals surface area contributed by atoms with Crippen molar-refractivity contribution in [1.82, 2.24) is 30.0 Å². The van der Waals surface area contributed by atoms with E-state index < -0.39 is 17.1 Å². The van der Waals surface area contributed by atoms with Crippen molar-refractivity contribution in [3.63, 3.8) is 0 Å². The Morgan fingerprint density at radius 1 is 0.603 bits per heavy atom. The topological polar surface area (TPSA) is 303 Å². The van der Waals surface area contributed by atoms with Crippen LogP contribution in [-0.2, 0) is 14.4 Å². The monoisotopic (exact) mass is 881 g/mol. The van der Waals surface area contributed by atoms with Crippen LogP contribution < -0.4 is 29.6 Å². The number of allylic oxidation sites excluding steroid dienone is 3. The minimum absolute atomic E-state index is 0. The maximum atomic E-state index is 11.8. The molecule has 0 N–H and O–H groups in total. The summed E-state index contributed by atoms with van der Waals surface area (Å²) in [6.45, 7) is 24.8. The molecule has 0 bridgehead atoms. The van der Waals surface area contributed by atoms with Crippen LogP contribution in [0.1, 0.15) is 62.8 Å². The predicted octanol–water partition coefficient (Wildman–Crippen LogP) is 6.92. The molecule has 0 aliphatic carbocycles. The molecule has 0 saturated heterocycles. The molecule has 2 aromatic heterocycles. The Bertz CT molecular complexity index is 2350. The molecule has 2 aromatic carbocycles. The number of hydrogen-bond donors (Lipinski definition) is 0. The zero-order chi connectivity index (χ0) is 47.2. The van der Waals surface area contributed by atoms with E-state index in [2.05, 4.69) is 85.4 Å². The van der Waals surface area contributed by atoms with E-state index in [1.807, 2.05) is 48.5 Å². The molecule has 2 heterocycles. The minimum atomic E-state index is -0.604. The molecule has 0 unspecified atom stereocenters. The third-order valence-corrected chi connectivity index (χ3v) is 6.49. The molecule has 318 valence electrons. The Kier molecular flexibility index (Phi) is 33.2. The minimum Gasteiger partial charge on any atom is -0.373 e. The molecular weight excluding hydrogens is 841 g/mol. The van der Waals surface area contributed by atoms with Gasteiger partial charge in [0.2, 0.25) is 17.1 Å². The second-order valence-corrected chi connectivity index (χ2v) is 11.7. The fourth-order valence-electron chi connectivity index (χ4n) is 3.11. The van der Waals surface area contributed by atoms with Gasteiger partial charge in [-0.1, -0.05) is 86.9 Å². The van der Waals surface area contributed by atoms with Crippen LogP contribution in [0.4, 0.5) is 0 Å². The number of terminal acetylenes is 2. The number of azide groups is 2. The molecule has 0 atom stereocenters. The van der Waals surface area contributed by atoms with E-state index in [0.717, 1.165) is 31.6 Å². The Labute approximate surface area is 391 Å². The second-order valence-electron chi connectivity index (χ2n) is 11.4. The van der Waals surface area contributed by atoms with E-state index >= 15 is 0 Å². The summed E-state index contributed by atoms with van der Waals surface area (Å²) in [5.74, 6) is 3.20. The average Bonchev–Trinajstić information content (AvgIpc) is 3.93. The average molecular weight is 882 g/mol. The van der Waals surface area contributed by atoms with Gasteiger partial charge in [0.05, 0.1) is 12.4 Å². The van der Waals surface area contributed by atoms with Crippen LogP contribution in [0.3, 0.4) is 0 Å². The van der Waals surface area contributed by atoms with E-state index in [1.165, 1.54) is 18.8 Å². The molecule has 2 amide bonds. The maximum Gasteiger partial charge on any atom is 1.00 e. The number of halogens is 1. The van der Waals surface area contributed by atoms with Gasteiger partial charge < -0.3 is 11.1 Å². The normalized spacial score (nSPS) is 8.25. The fourth-order valence-corrected chi connectivity index (χ4v) is 3.11. The third-order valence-electron chi connectivity index (χ3n) is 6.16. The first kappa shape index (κ1) is 61.8. The van der Waals surface area contributed by atoms with Crippen LogP contribution in [-0.4, -0.2) is 58.9 Å². The summed E-state index contributed by atoms with van der Waals surface area (Å²) in [5, 5.41) is 20.7. The summed E-state index contributed by atoms with van der Waals surface area (Å²) in [6, 6.07) is 14.6. The zero-order valence-corrected chi connectivity index (χ0v) is 37.3. The Balaban J connectivity index is -0.000000390. The van der Waals surface area contributed by atoms with Crippen molar-refractivity contribution in [1.29, 1.82) is 0 Å². The smallest absolute Gasteiger partial charge is 0.373 e. The van der Waals surface area contributed by atoms with Gasteiger partial charge in [0, 0.05) is 48.8 Å². The van der Waals surface area contributed by atoms with Crippen molar-refractivity contribution >= 4 is 40.5 Å². The number of benzene rings is 2. The second kappa shape index (κ2) is 33.9. The molecule has 0 aliphatic heterocycles. The number of hydrogen-bond acceptors (Lipinski definition) is 9. The number of nitrogens with zero attached hydrogens (tertiary/aromatic N) is 15. The molecule has 0 fully saturated rings. The summed E-state index contributed by atoms with van der Waals surface area (Å²) in [4.78, 5) is 60.0. The van der Waals surface area contributed by atoms with Gasteiger partial charge in [-0.25, -0.2) is 0 Å². The largest absolute Gasteiger partial charge is 1.00 e. The standard InChI is InChI=1S/C18H16N6O2.C10H6.C4H5ClO.2C4H5N3O.CH4.N3.Na/c1-11(2)17(25)23-9-15(19-21-23)13-5-7-14(8-6-13)16-10-24(22-20-16)18(26)12(3)4;1-3-9-5-7-10(4-2)8-6-9;1-3(2)4(5)6;2*1-3(2)4(8)6-7-5;;1-3-2;/h5-10H,1,3H2,2,4H3;1-2,5-8H;1H2,2H3;2*1H2,2H3;1H4;;/q;;;;;;-1;+1. The number of aromatic nitrogens is 6. The van der Waals surface area contributed by atoms with Crippen molar-refractivity contribution in [3.05, 3.63) is 170 Å². The van der Waals surface area contributed by atoms with Gasteiger partial charge >= 0.3 is 29.6 Å². The van der Waals surface area contributed by atoms with Crippen molar-refractivity contribution in [2.45, 2.75) is 42.0 Å². The van der Waals surface area contributed by atoms with E-state index in [1.54, 1.807) is 33.2 Å². The van der Waals surface area contributed by atoms with Crippen molar-refractivity contribution in [3.8, 4) is 47.2 Å². The summed E-state index contributed by atoms with van der Waals surface area (Å²) < 4.78 is 2.31. The molecule has 4 rings (SSSR count). The number of rotatable bonds is 7. The molecule has 20 nitrogen and oxygen atoms in total. The molecule has 22 heteroatoms. The molecule has 0 aliphatic rings. The van der Waals surface area contributed by atoms with Gasteiger partial charge in [-0.3, -0.25) is 28.9 Å². The SMILES string of the molecule is C.C#Cc1ccc(C#C)cc1.C=C(C)C(=O)Cl.C=C(C)C(=O)N=[N+]=[N-].C=C(C)C(=O)N=[N+]=[N-].C=C(C)C(=O)n1cc(-c2ccc(-c3cn(C(=O)C(=C)C)nn3)cc2)nn1.[N-]=[N+]=[N-].[Na+]. The number of carbonyl (C=O) groups excluding carboxylic acids is 5. The van der Waals surface area contributed by atoms with Crippen LogP contribution >= 0.6 is 11.6 Å². The van der Waals surface area contributed by atoms with E-state index in [4.69, 9.17) is 46.6 Å². The van der Waals surface area contributed by atoms with Crippen LogP contribution in [0.25, 0.3) is 59.4 Å². The van der Waals surface area contributed by atoms with Gasteiger partial charge in [-0.2, -0.15) is 9.36 Å². The summed E-state index contributed by atoms with van der Waals surface area (Å²) in [6.07, 6.45) is 13.4. The zero-order valence-electron chi connectivity index (χ0n) is 34.6. The third kappa shape index (κ3) is 25.4. The van der Waals surface area contributed by atoms with E-state index in [-0.39, 0.29) is 59.9 Å². The molecular formula is C41H41ClN15NaO5. The predicted molar refractivity (Wildman–Crippen MR) is 238 cm³/mol. The van der Waals surface area contributed by atoms with E-state index in [0.29, 0.717) is 28.1 Å². The molecule has 0 spiro atoms. The van der Waals surface area contributed by atoms with Crippen molar-refractivity contribution in [2.75, 3.05) is 0 Å². The first-order valence-electron chi connectivity index (χ1n) is 16.4. The van der Waals surface area contributed by atoms with E-state index in [9.17, 15) is 24.0 Å². The maximum absolute atomic E-state index is 11.8. The number of amides is 2. The Hall–Kier alpha value is -7.89. The molecule has 4 aromatic rings. The molecule has 0 radical (unpaired) electrons.